The van der Waals surface area contributed by atoms with Crippen LogP contribution in [0.1, 0.15) is 61.6 Å². The number of aliphatic hydroxyl groups is 1. The van der Waals surface area contributed by atoms with Gasteiger partial charge in [0.2, 0.25) is 0 Å². The normalized spacial score (nSPS) is 20.1. The van der Waals surface area contributed by atoms with Crippen LogP contribution in [0.2, 0.25) is 0 Å². The molecule has 4 heteroatoms. The fourth-order valence-corrected chi connectivity index (χ4v) is 3.27. The number of morpholine rings is 1. The van der Waals surface area contributed by atoms with Crippen molar-refractivity contribution in [1.82, 2.24) is 4.90 Å². The Morgan fingerprint density at radius 1 is 1.25 bits per heavy atom. The van der Waals surface area contributed by atoms with Crippen molar-refractivity contribution in [3.8, 4) is 0 Å². The van der Waals surface area contributed by atoms with Crippen LogP contribution < -0.4 is 0 Å². The maximum Gasteiger partial charge on any atom is 2.00 e. The fraction of sp³-hybridized carbons (Fsp3) is 1.00. The Hall–Kier alpha value is 0.646. The average molecular weight is 298 g/mol. The smallest absolute Gasteiger partial charge is 1.00 e. The molecule has 1 aliphatic rings. The molecule has 0 bridgehead atoms. The molecule has 0 aliphatic carbocycles. The predicted octanol–water partition coefficient (Wildman–Crippen LogP) is 2.91. The molecule has 0 amide bonds. The van der Waals surface area contributed by atoms with Crippen LogP contribution in [0, 0.1) is 5.92 Å². The van der Waals surface area contributed by atoms with E-state index in [1.54, 1.807) is 0 Å². The summed E-state index contributed by atoms with van der Waals surface area (Å²) in [6.07, 6.45) is 9.29. The number of β-amino-alcohol motifs (C(OH)–C–C–N with tert-alkyl or cyclic N) is 1. The zero-order valence-electron chi connectivity index (χ0n) is 15.6. The van der Waals surface area contributed by atoms with Gasteiger partial charge in [0, 0.05) is 19.1 Å². The van der Waals surface area contributed by atoms with Gasteiger partial charge in [0.05, 0.1) is 19.8 Å². The number of aliphatic hydroxyl groups excluding tert-OH is 1. The monoisotopic (exact) mass is 297 g/mol. The third-order valence-electron chi connectivity index (χ3n) is 4.28. The summed E-state index contributed by atoms with van der Waals surface area (Å²) in [6.45, 7) is 8.32. The second-order valence-electron chi connectivity index (χ2n) is 5.86. The largest absolute Gasteiger partial charge is 2.00 e. The maximum absolute atomic E-state index is 9.11. The molecule has 1 saturated heterocycles. The molecule has 3 nitrogen and oxygen atoms in total. The Morgan fingerprint density at radius 3 is 2.55 bits per heavy atom. The first-order valence-electron chi connectivity index (χ1n) is 8.24. The third-order valence-corrected chi connectivity index (χ3v) is 4.28. The molecule has 1 unspecified atom stereocenters. The molecular formula is C16H35MgNO2. The number of hydrogen-bond acceptors (Lipinski definition) is 3. The van der Waals surface area contributed by atoms with E-state index in [9.17, 15) is 0 Å². The number of ether oxygens (including phenoxy) is 1. The van der Waals surface area contributed by atoms with Crippen molar-refractivity contribution in [2.24, 2.45) is 5.92 Å². The van der Waals surface area contributed by atoms with Gasteiger partial charge in [-0.25, -0.2) is 0 Å². The van der Waals surface area contributed by atoms with Crippen LogP contribution in [0.5, 0.6) is 0 Å². The van der Waals surface area contributed by atoms with E-state index in [0.29, 0.717) is 6.04 Å². The van der Waals surface area contributed by atoms with Gasteiger partial charge >= 0.3 is 23.1 Å². The summed E-state index contributed by atoms with van der Waals surface area (Å²) >= 11 is 0. The topological polar surface area (TPSA) is 32.7 Å². The summed E-state index contributed by atoms with van der Waals surface area (Å²) in [4.78, 5) is 2.40. The summed E-state index contributed by atoms with van der Waals surface area (Å²) in [5, 5.41) is 9.11. The zero-order valence-corrected chi connectivity index (χ0v) is 15.1. The number of rotatable bonds is 10. The van der Waals surface area contributed by atoms with E-state index >= 15 is 0 Å². The molecular weight excluding hydrogens is 262 g/mol. The van der Waals surface area contributed by atoms with Gasteiger partial charge in [0.1, 0.15) is 0 Å². The van der Waals surface area contributed by atoms with Crippen LogP contribution in [-0.2, 0) is 4.74 Å². The summed E-state index contributed by atoms with van der Waals surface area (Å²) in [6, 6.07) is 0.532. The van der Waals surface area contributed by atoms with Crippen LogP contribution >= 0.6 is 0 Å². The van der Waals surface area contributed by atoms with Crippen LogP contribution in [0.3, 0.4) is 0 Å². The Balaban J connectivity index is -0.00000120. The Labute approximate surface area is 144 Å². The predicted molar refractivity (Wildman–Crippen MR) is 88.4 cm³/mol. The Bertz CT molecular complexity index is 218. The van der Waals surface area contributed by atoms with Crippen molar-refractivity contribution in [3.63, 3.8) is 0 Å². The van der Waals surface area contributed by atoms with E-state index in [1.165, 1.54) is 44.9 Å². The van der Waals surface area contributed by atoms with Crippen molar-refractivity contribution >= 4 is 23.1 Å². The second-order valence-corrected chi connectivity index (χ2v) is 5.86. The molecule has 0 aromatic carbocycles. The molecule has 0 saturated carbocycles. The molecule has 0 aromatic rings. The fourth-order valence-electron chi connectivity index (χ4n) is 3.27. The van der Waals surface area contributed by atoms with Gasteiger partial charge in [0.25, 0.3) is 0 Å². The first-order chi connectivity index (χ1) is 9.31. The standard InChI is InChI=1S/C16H33NO2.Mg.2H/c1-3-6-15(7-4-2)8-5-9-16-14-19-13-11-17(16)10-12-18;;;/h15-16,18H,3-14H2,1-2H3;;;/q;+2;2*-1. The van der Waals surface area contributed by atoms with Crippen molar-refractivity contribution in [1.29, 1.82) is 0 Å². The minimum Gasteiger partial charge on any atom is -1.00 e. The Morgan fingerprint density at radius 2 is 1.95 bits per heavy atom. The molecule has 1 heterocycles. The second kappa shape index (κ2) is 13.3. The molecule has 0 aromatic heterocycles. The maximum atomic E-state index is 9.11. The number of nitrogens with zero attached hydrogens (tertiary/aromatic N) is 1. The van der Waals surface area contributed by atoms with E-state index in [0.717, 1.165) is 32.2 Å². The summed E-state index contributed by atoms with van der Waals surface area (Å²) < 4.78 is 5.59. The van der Waals surface area contributed by atoms with Crippen LogP contribution in [0.25, 0.3) is 0 Å². The summed E-state index contributed by atoms with van der Waals surface area (Å²) in [5.41, 5.74) is 0. The van der Waals surface area contributed by atoms with Crippen LogP contribution in [0.4, 0.5) is 0 Å². The van der Waals surface area contributed by atoms with Gasteiger partial charge in [-0.2, -0.15) is 0 Å². The van der Waals surface area contributed by atoms with E-state index in [4.69, 9.17) is 9.84 Å². The van der Waals surface area contributed by atoms with E-state index < -0.39 is 0 Å². The quantitative estimate of drug-likeness (QED) is 0.629. The van der Waals surface area contributed by atoms with Gasteiger partial charge in [-0.3, -0.25) is 4.90 Å². The zero-order chi connectivity index (χ0) is 13.9. The van der Waals surface area contributed by atoms with Gasteiger partial charge in [-0.1, -0.05) is 52.4 Å². The van der Waals surface area contributed by atoms with Gasteiger partial charge < -0.3 is 12.7 Å². The van der Waals surface area contributed by atoms with Gasteiger partial charge in [0.15, 0.2) is 0 Å². The first kappa shape index (κ1) is 20.6. The van der Waals surface area contributed by atoms with Crippen molar-refractivity contribution in [3.05, 3.63) is 0 Å². The van der Waals surface area contributed by atoms with Crippen molar-refractivity contribution < 1.29 is 12.7 Å². The Kier molecular flexibility index (Phi) is 13.7. The SMILES string of the molecule is CCCC(CCC)CCCC1COCCN1CCO.[H-].[H-].[Mg+2]. The number of hydrogen-bond donors (Lipinski definition) is 1. The van der Waals surface area contributed by atoms with Crippen molar-refractivity contribution in [2.45, 2.75) is 64.8 Å². The third kappa shape index (κ3) is 8.18. The summed E-state index contributed by atoms with van der Waals surface area (Å²) in [5.74, 6) is 0.922. The molecule has 118 valence electrons. The van der Waals surface area contributed by atoms with E-state index in [2.05, 4.69) is 18.7 Å². The van der Waals surface area contributed by atoms with E-state index in [-0.39, 0.29) is 32.5 Å². The minimum atomic E-state index is 0. The molecule has 1 fully saturated rings. The van der Waals surface area contributed by atoms with Gasteiger partial charge in [-0.15, -0.1) is 0 Å². The van der Waals surface area contributed by atoms with Gasteiger partial charge in [-0.05, 0) is 12.3 Å². The molecule has 1 aliphatic heterocycles. The molecule has 1 N–H and O–H groups in total. The van der Waals surface area contributed by atoms with E-state index in [1.807, 2.05) is 0 Å². The van der Waals surface area contributed by atoms with Crippen LogP contribution in [-0.4, -0.2) is 72.0 Å². The molecule has 1 rings (SSSR count). The van der Waals surface area contributed by atoms with Crippen molar-refractivity contribution in [2.75, 3.05) is 32.9 Å². The molecule has 0 spiro atoms. The summed E-state index contributed by atoms with van der Waals surface area (Å²) in [7, 11) is 0. The molecule has 0 radical (unpaired) electrons. The molecule has 1 atom stereocenters. The molecule has 20 heavy (non-hydrogen) atoms. The van der Waals surface area contributed by atoms with Crippen LogP contribution in [0.15, 0.2) is 0 Å². The average Bonchev–Trinajstić information content (AvgIpc) is 2.41. The first-order valence-corrected chi connectivity index (χ1v) is 8.24. The minimum absolute atomic E-state index is 0.